The topological polar surface area (TPSA) is 42.7 Å². The highest BCUT2D eigenvalue weighted by Gasteiger charge is 2.06. The highest BCUT2D eigenvalue weighted by molar-refractivity contribution is 5.46. The quantitative estimate of drug-likeness (QED) is 0.790. The van der Waals surface area contributed by atoms with Gasteiger partial charge >= 0.3 is 0 Å². The third-order valence-corrected chi connectivity index (χ3v) is 3.44. The van der Waals surface area contributed by atoms with Gasteiger partial charge in [-0.1, -0.05) is 29.8 Å². The summed E-state index contributed by atoms with van der Waals surface area (Å²) in [6.07, 6.45) is 7.21. The van der Waals surface area contributed by atoms with E-state index in [-0.39, 0.29) is 6.04 Å². The van der Waals surface area contributed by atoms with E-state index in [9.17, 15) is 0 Å². The first kappa shape index (κ1) is 13.4. The molecule has 4 nitrogen and oxygen atoms in total. The van der Waals surface area contributed by atoms with Crippen LogP contribution in [0.5, 0.6) is 0 Å². The minimum absolute atomic E-state index is 0.241. The monoisotopic (exact) mass is 278 g/mol. The third kappa shape index (κ3) is 3.11. The van der Waals surface area contributed by atoms with Crippen LogP contribution in [-0.2, 0) is 0 Å². The fraction of sp³-hybridized carbons (Fsp3) is 0.176. The summed E-state index contributed by atoms with van der Waals surface area (Å²) in [6, 6.07) is 12.8. The predicted octanol–water partition coefficient (Wildman–Crippen LogP) is 3.75. The number of aryl methyl sites for hydroxylation is 1. The number of nitrogens with one attached hydrogen (secondary N) is 1. The Kier molecular flexibility index (Phi) is 3.69. The second-order valence-electron chi connectivity index (χ2n) is 5.16. The molecule has 0 saturated heterocycles. The molecule has 1 atom stereocenters. The molecule has 2 heterocycles. The number of nitrogens with zero attached hydrogens (tertiary/aromatic N) is 3. The van der Waals surface area contributed by atoms with Crippen molar-refractivity contribution >= 4 is 5.69 Å². The molecule has 0 saturated carbocycles. The molecule has 106 valence electrons. The van der Waals surface area contributed by atoms with Gasteiger partial charge in [0.05, 0.1) is 11.9 Å². The van der Waals surface area contributed by atoms with Crippen molar-refractivity contribution in [2.24, 2.45) is 0 Å². The Morgan fingerprint density at radius 1 is 1.19 bits per heavy atom. The van der Waals surface area contributed by atoms with Crippen LogP contribution in [0, 0.1) is 6.92 Å². The van der Waals surface area contributed by atoms with Crippen LogP contribution >= 0.6 is 0 Å². The number of hydrogen-bond acceptors (Lipinski definition) is 3. The van der Waals surface area contributed by atoms with Crippen LogP contribution in [0.15, 0.2) is 61.3 Å². The van der Waals surface area contributed by atoms with Crippen molar-refractivity contribution in [1.29, 1.82) is 0 Å². The molecule has 0 aliphatic heterocycles. The molecule has 0 spiro atoms. The van der Waals surface area contributed by atoms with Crippen molar-refractivity contribution in [1.82, 2.24) is 14.5 Å². The molecule has 0 aliphatic carbocycles. The summed E-state index contributed by atoms with van der Waals surface area (Å²) in [4.78, 5) is 8.47. The van der Waals surface area contributed by atoms with Gasteiger partial charge in [-0.3, -0.25) is 4.57 Å². The van der Waals surface area contributed by atoms with Crippen molar-refractivity contribution in [3.63, 3.8) is 0 Å². The number of benzene rings is 1. The van der Waals surface area contributed by atoms with Gasteiger partial charge in [-0.15, -0.1) is 0 Å². The van der Waals surface area contributed by atoms with E-state index >= 15 is 0 Å². The van der Waals surface area contributed by atoms with E-state index in [1.165, 1.54) is 11.1 Å². The molecule has 1 unspecified atom stereocenters. The lowest BCUT2D eigenvalue weighted by Gasteiger charge is -2.16. The number of pyridine rings is 1. The lowest BCUT2D eigenvalue weighted by atomic mass is 10.1. The van der Waals surface area contributed by atoms with Crippen LogP contribution in [-0.4, -0.2) is 14.5 Å². The molecule has 1 N–H and O–H groups in total. The Balaban J connectivity index is 1.73. The van der Waals surface area contributed by atoms with Crippen molar-refractivity contribution < 1.29 is 0 Å². The Morgan fingerprint density at radius 3 is 2.76 bits per heavy atom. The molecule has 1 aromatic carbocycles. The number of imidazole rings is 1. The van der Waals surface area contributed by atoms with Crippen LogP contribution in [0.2, 0.25) is 0 Å². The highest BCUT2D eigenvalue weighted by atomic mass is 15.1. The summed E-state index contributed by atoms with van der Waals surface area (Å²) in [5.41, 5.74) is 3.55. The summed E-state index contributed by atoms with van der Waals surface area (Å²) < 4.78 is 1.88. The fourth-order valence-corrected chi connectivity index (χ4v) is 2.29. The van der Waals surface area contributed by atoms with Gasteiger partial charge in [-0.25, -0.2) is 9.97 Å². The first-order chi connectivity index (χ1) is 10.2. The average molecular weight is 278 g/mol. The SMILES string of the molecule is Cc1cccc(C(C)Nc2ccc(-n3ccnc3)nc2)c1. The predicted molar refractivity (Wildman–Crippen MR) is 84.6 cm³/mol. The molecule has 2 aromatic heterocycles. The summed E-state index contributed by atoms with van der Waals surface area (Å²) >= 11 is 0. The van der Waals surface area contributed by atoms with Crippen molar-refractivity contribution in [2.45, 2.75) is 19.9 Å². The molecule has 0 fully saturated rings. The van der Waals surface area contributed by atoms with Crippen molar-refractivity contribution in [3.05, 3.63) is 72.4 Å². The van der Waals surface area contributed by atoms with E-state index in [2.05, 4.69) is 53.4 Å². The number of hydrogen-bond donors (Lipinski definition) is 1. The maximum Gasteiger partial charge on any atom is 0.137 e. The van der Waals surface area contributed by atoms with Crippen LogP contribution in [0.4, 0.5) is 5.69 Å². The van der Waals surface area contributed by atoms with E-state index in [4.69, 9.17) is 0 Å². The minimum Gasteiger partial charge on any atom is -0.377 e. The van der Waals surface area contributed by atoms with Gasteiger partial charge in [-0.2, -0.15) is 0 Å². The number of rotatable bonds is 4. The first-order valence-corrected chi connectivity index (χ1v) is 7.00. The van der Waals surface area contributed by atoms with Crippen LogP contribution in [0.3, 0.4) is 0 Å². The van der Waals surface area contributed by atoms with Gasteiger partial charge in [0.15, 0.2) is 0 Å². The molecule has 0 bridgehead atoms. The molecule has 4 heteroatoms. The lowest BCUT2D eigenvalue weighted by molar-refractivity contribution is 0.879. The van der Waals surface area contributed by atoms with Crippen molar-refractivity contribution in [2.75, 3.05) is 5.32 Å². The largest absolute Gasteiger partial charge is 0.377 e. The molecule has 21 heavy (non-hydrogen) atoms. The molecule has 3 rings (SSSR count). The molecule has 3 aromatic rings. The van der Waals surface area contributed by atoms with E-state index in [1.54, 1.807) is 12.5 Å². The Bertz CT molecular complexity index is 702. The van der Waals surface area contributed by atoms with E-state index in [0.717, 1.165) is 11.5 Å². The third-order valence-electron chi connectivity index (χ3n) is 3.44. The van der Waals surface area contributed by atoms with E-state index < -0.39 is 0 Å². The second kappa shape index (κ2) is 5.79. The summed E-state index contributed by atoms with van der Waals surface area (Å²) in [5, 5.41) is 3.47. The molecule has 0 amide bonds. The maximum absolute atomic E-state index is 4.45. The van der Waals surface area contributed by atoms with Gasteiger partial charge in [-0.05, 0) is 31.5 Å². The number of anilines is 1. The first-order valence-electron chi connectivity index (χ1n) is 7.00. The molecule has 0 radical (unpaired) electrons. The zero-order chi connectivity index (χ0) is 14.7. The smallest absolute Gasteiger partial charge is 0.137 e. The molecular weight excluding hydrogens is 260 g/mol. The van der Waals surface area contributed by atoms with Gasteiger partial charge in [0, 0.05) is 18.4 Å². The Hall–Kier alpha value is -2.62. The van der Waals surface area contributed by atoms with Crippen LogP contribution in [0.25, 0.3) is 5.82 Å². The van der Waals surface area contributed by atoms with E-state index in [0.29, 0.717) is 0 Å². The van der Waals surface area contributed by atoms with Crippen LogP contribution in [0.1, 0.15) is 24.1 Å². The van der Waals surface area contributed by atoms with Gasteiger partial charge in [0.2, 0.25) is 0 Å². The normalized spacial score (nSPS) is 12.1. The second-order valence-corrected chi connectivity index (χ2v) is 5.16. The summed E-state index contributed by atoms with van der Waals surface area (Å²) in [6.45, 7) is 4.26. The van der Waals surface area contributed by atoms with Crippen molar-refractivity contribution in [3.8, 4) is 5.82 Å². The van der Waals surface area contributed by atoms with E-state index in [1.807, 2.05) is 29.1 Å². The maximum atomic E-state index is 4.45. The highest BCUT2D eigenvalue weighted by Crippen LogP contribution is 2.20. The number of aromatic nitrogens is 3. The van der Waals surface area contributed by atoms with Gasteiger partial charge in [0.1, 0.15) is 12.1 Å². The zero-order valence-electron chi connectivity index (χ0n) is 12.2. The standard InChI is InChI=1S/C17H18N4/c1-13-4-3-5-15(10-13)14(2)20-16-6-7-17(19-11-16)21-9-8-18-12-21/h3-12,14,20H,1-2H3. The Labute approximate surface area is 124 Å². The van der Waals surface area contributed by atoms with Gasteiger partial charge in [0.25, 0.3) is 0 Å². The zero-order valence-corrected chi connectivity index (χ0v) is 12.2. The molecular formula is C17H18N4. The lowest BCUT2D eigenvalue weighted by Crippen LogP contribution is -2.07. The fourth-order valence-electron chi connectivity index (χ4n) is 2.29. The summed E-state index contributed by atoms with van der Waals surface area (Å²) in [7, 11) is 0. The minimum atomic E-state index is 0.241. The molecule has 0 aliphatic rings. The Morgan fingerprint density at radius 2 is 2.10 bits per heavy atom. The van der Waals surface area contributed by atoms with Gasteiger partial charge < -0.3 is 5.32 Å². The summed E-state index contributed by atoms with van der Waals surface area (Å²) in [5.74, 6) is 0.862. The average Bonchev–Trinajstić information content (AvgIpc) is 3.02. The van der Waals surface area contributed by atoms with Crippen LogP contribution < -0.4 is 5.32 Å².